The van der Waals surface area contributed by atoms with Gasteiger partial charge in [0.1, 0.15) is 0 Å². The van der Waals surface area contributed by atoms with Gasteiger partial charge in [0.15, 0.2) is 18.0 Å². The van der Waals surface area contributed by atoms with Crippen LogP contribution in [0.2, 0.25) is 0 Å². The third kappa shape index (κ3) is 6.12. The predicted octanol–water partition coefficient (Wildman–Crippen LogP) is 1.08. The van der Waals surface area contributed by atoms with Gasteiger partial charge in [-0.3, -0.25) is 4.79 Å². The molecule has 0 radical (unpaired) electrons. The Bertz CT molecular complexity index is 674. The Labute approximate surface area is 149 Å². The van der Waals surface area contributed by atoms with E-state index in [4.69, 9.17) is 9.47 Å². The Kier molecular flexibility index (Phi) is 7.29. The van der Waals surface area contributed by atoms with Gasteiger partial charge in [-0.2, -0.15) is 0 Å². The molecule has 2 rings (SSSR count). The van der Waals surface area contributed by atoms with Gasteiger partial charge in [-0.05, 0) is 23.3 Å². The molecule has 0 aliphatic heterocycles. The Morgan fingerprint density at radius 1 is 1.00 bits per heavy atom. The van der Waals surface area contributed by atoms with Gasteiger partial charge < -0.3 is 19.7 Å². The molecule has 0 spiro atoms. The number of nitrogens with one attached hydrogen (secondary N) is 2. The highest BCUT2D eigenvalue weighted by atomic mass is 16.5. The van der Waals surface area contributed by atoms with E-state index in [0.29, 0.717) is 13.1 Å². The van der Waals surface area contributed by atoms with Crippen LogP contribution in [0, 0.1) is 0 Å². The van der Waals surface area contributed by atoms with Gasteiger partial charge in [-0.25, -0.2) is 0 Å². The van der Waals surface area contributed by atoms with Crippen LogP contribution in [0.3, 0.4) is 0 Å². The number of hydrogen-bond donors (Lipinski definition) is 2. The van der Waals surface area contributed by atoms with E-state index in [1.165, 1.54) is 10.5 Å². The second-order valence-corrected chi connectivity index (χ2v) is 6.09. The van der Waals surface area contributed by atoms with E-state index in [-0.39, 0.29) is 5.91 Å². The van der Waals surface area contributed by atoms with Crippen molar-refractivity contribution in [3.8, 4) is 11.5 Å². The number of methoxy groups -OCH3 is 2. The predicted molar refractivity (Wildman–Crippen MR) is 98.2 cm³/mol. The standard InChI is InChI=1S/C20H26N2O3/c1-22(15-20(23)21-14-17-7-5-4-6-8-17)12-11-16-9-10-18(24-2)19(13-16)25-3/h4-10,13H,11-12,14-15H2,1-3H3,(H,21,23)/p+1. The third-order valence-corrected chi connectivity index (χ3v) is 4.08. The van der Waals surface area contributed by atoms with Gasteiger partial charge >= 0.3 is 0 Å². The van der Waals surface area contributed by atoms with Crippen LogP contribution in [-0.4, -0.2) is 40.3 Å². The summed E-state index contributed by atoms with van der Waals surface area (Å²) in [5.74, 6) is 1.53. The first-order chi connectivity index (χ1) is 12.1. The molecule has 5 heteroatoms. The summed E-state index contributed by atoms with van der Waals surface area (Å²) < 4.78 is 10.6. The van der Waals surface area contributed by atoms with E-state index in [1.807, 2.05) is 55.6 Å². The monoisotopic (exact) mass is 343 g/mol. The van der Waals surface area contributed by atoms with Crippen molar-refractivity contribution in [2.45, 2.75) is 13.0 Å². The molecule has 134 valence electrons. The zero-order valence-electron chi connectivity index (χ0n) is 15.2. The third-order valence-electron chi connectivity index (χ3n) is 4.08. The summed E-state index contributed by atoms with van der Waals surface area (Å²) >= 11 is 0. The molecule has 0 aliphatic rings. The molecule has 2 aromatic rings. The Morgan fingerprint density at radius 3 is 2.40 bits per heavy atom. The molecular formula is C20H27N2O3+. The van der Waals surface area contributed by atoms with Crippen molar-refractivity contribution in [2.24, 2.45) is 0 Å². The van der Waals surface area contributed by atoms with Crippen LogP contribution in [0.1, 0.15) is 11.1 Å². The number of likely N-dealkylation sites (N-methyl/N-ethyl adjacent to an activating group) is 1. The van der Waals surface area contributed by atoms with Crippen LogP contribution >= 0.6 is 0 Å². The summed E-state index contributed by atoms with van der Waals surface area (Å²) in [7, 11) is 5.29. The molecular weight excluding hydrogens is 316 g/mol. The number of quaternary nitrogens is 1. The maximum Gasteiger partial charge on any atom is 0.275 e. The molecule has 0 aromatic heterocycles. The fraction of sp³-hybridized carbons (Fsp3) is 0.350. The number of benzene rings is 2. The molecule has 1 amide bonds. The second kappa shape index (κ2) is 9.69. The minimum absolute atomic E-state index is 0.0636. The van der Waals surface area contributed by atoms with Gasteiger partial charge in [0, 0.05) is 13.0 Å². The average molecular weight is 343 g/mol. The fourth-order valence-corrected chi connectivity index (χ4v) is 2.62. The molecule has 5 nitrogen and oxygen atoms in total. The van der Waals surface area contributed by atoms with Crippen LogP contribution in [0.5, 0.6) is 11.5 Å². The first-order valence-electron chi connectivity index (χ1n) is 8.45. The Morgan fingerprint density at radius 2 is 1.72 bits per heavy atom. The number of ether oxygens (including phenoxy) is 2. The molecule has 0 saturated heterocycles. The summed E-state index contributed by atoms with van der Waals surface area (Å²) in [4.78, 5) is 13.2. The van der Waals surface area contributed by atoms with Crippen LogP contribution in [-0.2, 0) is 17.8 Å². The van der Waals surface area contributed by atoms with Crippen molar-refractivity contribution < 1.29 is 19.2 Å². The normalized spacial score (nSPS) is 11.6. The zero-order valence-corrected chi connectivity index (χ0v) is 15.2. The Balaban J connectivity index is 1.76. The molecule has 0 fully saturated rings. The van der Waals surface area contributed by atoms with Crippen molar-refractivity contribution in [1.82, 2.24) is 5.32 Å². The average Bonchev–Trinajstić information content (AvgIpc) is 2.65. The van der Waals surface area contributed by atoms with Gasteiger partial charge in [0.2, 0.25) is 0 Å². The molecule has 2 aromatic carbocycles. The van der Waals surface area contributed by atoms with Gasteiger partial charge in [0.05, 0.1) is 27.8 Å². The molecule has 25 heavy (non-hydrogen) atoms. The van der Waals surface area contributed by atoms with E-state index in [1.54, 1.807) is 14.2 Å². The number of rotatable bonds is 9. The van der Waals surface area contributed by atoms with Crippen LogP contribution < -0.4 is 19.7 Å². The van der Waals surface area contributed by atoms with E-state index < -0.39 is 0 Å². The quantitative estimate of drug-likeness (QED) is 0.716. The first kappa shape index (κ1) is 18.8. The first-order valence-corrected chi connectivity index (χ1v) is 8.45. The smallest absolute Gasteiger partial charge is 0.275 e. The Hall–Kier alpha value is -2.53. The van der Waals surface area contributed by atoms with Crippen molar-refractivity contribution in [2.75, 3.05) is 34.4 Å². The topological polar surface area (TPSA) is 52.0 Å². The molecule has 0 heterocycles. The summed E-state index contributed by atoms with van der Waals surface area (Å²) in [6, 6.07) is 15.9. The van der Waals surface area contributed by atoms with Gasteiger partial charge in [-0.1, -0.05) is 36.4 Å². The lowest BCUT2D eigenvalue weighted by molar-refractivity contribution is -0.871. The maximum absolute atomic E-state index is 12.1. The lowest BCUT2D eigenvalue weighted by Gasteiger charge is -2.15. The second-order valence-electron chi connectivity index (χ2n) is 6.09. The molecule has 1 unspecified atom stereocenters. The number of amides is 1. The van der Waals surface area contributed by atoms with E-state index >= 15 is 0 Å². The van der Waals surface area contributed by atoms with Crippen molar-refractivity contribution >= 4 is 5.91 Å². The summed E-state index contributed by atoms with van der Waals surface area (Å²) in [5.41, 5.74) is 2.28. The lowest BCUT2D eigenvalue weighted by atomic mass is 10.1. The SMILES string of the molecule is COc1ccc(CC[NH+](C)CC(=O)NCc2ccccc2)cc1OC. The summed E-state index contributed by atoms with van der Waals surface area (Å²) in [6.45, 7) is 1.90. The van der Waals surface area contributed by atoms with Crippen LogP contribution in [0.4, 0.5) is 0 Å². The molecule has 1 atom stereocenters. The summed E-state index contributed by atoms with van der Waals surface area (Å²) in [6.07, 6.45) is 0.873. The number of hydrogen-bond acceptors (Lipinski definition) is 3. The molecule has 0 bridgehead atoms. The molecule has 2 N–H and O–H groups in total. The fourth-order valence-electron chi connectivity index (χ4n) is 2.62. The maximum atomic E-state index is 12.1. The van der Waals surface area contributed by atoms with Crippen molar-refractivity contribution in [3.05, 3.63) is 59.7 Å². The largest absolute Gasteiger partial charge is 0.493 e. The van der Waals surface area contributed by atoms with Gasteiger partial charge in [0.25, 0.3) is 5.91 Å². The highest BCUT2D eigenvalue weighted by molar-refractivity contribution is 5.76. The van der Waals surface area contributed by atoms with Crippen molar-refractivity contribution in [3.63, 3.8) is 0 Å². The highest BCUT2D eigenvalue weighted by Crippen LogP contribution is 2.27. The lowest BCUT2D eigenvalue weighted by Crippen LogP contribution is -3.10. The van der Waals surface area contributed by atoms with Crippen LogP contribution in [0.25, 0.3) is 0 Å². The molecule has 0 saturated carbocycles. The highest BCUT2D eigenvalue weighted by Gasteiger charge is 2.11. The zero-order chi connectivity index (χ0) is 18.1. The summed E-state index contributed by atoms with van der Waals surface area (Å²) in [5, 5.41) is 2.97. The van der Waals surface area contributed by atoms with Crippen molar-refractivity contribution in [1.29, 1.82) is 0 Å². The number of carbonyl (C=O) groups is 1. The minimum atomic E-state index is 0.0636. The number of carbonyl (C=O) groups excluding carboxylic acids is 1. The van der Waals surface area contributed by atoms with Crippen LogP contribution in [0.15, 0.2) is 48.5 Å². The minimum Gasteiger partial charge on any atom is -0.493 e. The van der Waals surface area contributed by atoms with E-state index in [9.17, 15) is 4.79 Å². The van der Waals surface area contributed by atoms with E-state index in [0.717, 1.165) is 30.0 Å². The van der Waals surface area contributed by atoms with Gasteiger partial charge in [-0.15, -0.1) is 0 Å². The van der Waals surface area contributed by atoms with E-state index in [2.05, 4.69) is 5.32 Å². The molecule has 0 aliphatic carbocycles.